The van der Waals surface area contributed by atoms with Crippen LogP contribution in [0.15, 0.2) is 36.7 Å². The Morgan fingerprint density at radius 1 is 1.08 bits per heavy atom. The number of pyridine rings is 1. The predicted octanol–water partition coefficient (Wildman–Crippen LogP) is 2.13. The molecule has 1 saturated heterocycles. The summed E-state index contributed by atoms with van der Waals surface area (Å²) in [5.74, 6) is 0.841. The van der Waals surface area contributed by atoms with Crippen molar-refractivity contribution in [3.8, 4) is 11.5 Å². The Morgan fingerprint density at radius 3 is 2.36 bits per heavy atom. The summed E-state index contributed by atoms with van der Waals surface area (Å²) < 4.78 is 10.5. The number of hydrogen-bond donors (Lipinski definition) is 0. The van der Waals surface area contributed by atoms with Crippen LogP contribution < -0.4 is 19.4 Å². The molecule has 3 rings (SSSR count). The molecule has 132 valence electrons. The van der Waals surface area contributed by atoms with Crippen LogP contribution in [0.5, 0.6) is 11.5 Å². The number of aromatic nitrogens is 1. The molecule has 1 N–H and O–H groups in total. The van der Waals surface area contributed by atoms with Crippen LogP contribution in [0.4, 0.5) is 5.69 Å². The Hall–Kier alpha value is -2.47. The van der Waals surface area contributed by atoms with Gasteiger partial charge in [0.05, 0.1) is 19.2 Å². The van der Waals surface area contributed by atoms with Crippen molar-refractivity contribution in [1.29, 1.82) is 0 Å². The molecule has 0 saturated carbocycles. The number of nitrogens with zero attached hydrogens (tertiary/aromatic N) is 2. The fourth-order valence-electron chi connectivity index (χ4n) is 2.98. The molecule has 1 amide bonds. The van der Waals surface area contributed by atoms with Crippen LogP contribution in [0, 0.1) is 0 Å². The van der Waals surface area contributed by atoms with E-state index in [1.165, 1.54) is 14.2 Å². The number of carbonyl (C=O) groups excluding carboxylic acids is 1. The number of rotatable bonds is 4. The van der Waals surface area contributed by atoms with Crippen LogP contribution in [0.3, 0.4) is 0 Å². The van der Waals surface area contributed by atoms with E-state index < -0.39 is 0 Å². The highest BCUT2D eigenvalue weighted by Crippen LogP contribution is 2.36. The summed E-state index contributed by atoms with van der Waals surface area (Å²) in [6, 6.07) is 7.37. The summed E-state index contributed by atoms with van der Waals surface area (Å²) in [5, 5.41) is 0.365. The zero-order valence-electron chi connectivity index (χ0n) is 14.3. The van der Waals surface area contributed by atoms with Crippen molar-refractivity contribution < 1.29 is 19.3 Å². The van der Waals surface area contributed by atoms with Gasteiger partial charge in [0.15, 0.2) is 23.9 Å². The topological polar surface area (TPSA) is 56.2 Å². The number of H-pyrrole nitrogens is 1. The number of amides is 1. The average molecular weight is 363 g/mol. The van der Waals surface area contributed by atoms with Gasteiger partial charge in [-0.1, -0.05) is 11.6 Å². The van der Waals surface area contributed by atoms with E-state index >= 15 is 0 Å². The van der Waals surface area contributed by atoms with Gasteiger partial charge >= 0.3 is 0 Å². The summed E-state index contributed by atoms with van der Waals surface area (Å²) in [7, 11) is 3.05. The molecule has 6 nitrogen and oxygen atoms in total. The van der Waals surface area contributed by atoms with E-state index in [-0.39, 0.29) is 5.91 Å². The first-order chi connectivity index (χ1) is 12.1. The van der Waals surface area contributed by atoms with Gasteiger partial charge in [0.25, 0.3) is 5.91 Å². The quantitative estimate of drug-likeness (QED) is 0.836. The lowest BCUT2D eigenvalue weighted by Crippen LogP contribution is -2.48. The van der Waals surface area contributed by atoms with Crippen LogP contribution in [0.1, 0.15) is 10.4 Å². The van der Waals surface area contributed by atoms with Crippen LogP contribution in [-0.4, -0.2) is 51.2 Å². The Balaban J connectivity index is 1.72. The second kappa shape index (κ2) is 7.61. The first-order valence-electron chi connectivity index (χ1n) is 8.06. The largest absolute Gasteiger partial charge is 0.493 e. The molecular weight excluding hydrogens is 342 g/mol. The first-order valence-corrected chi connectivity index (χ1v) is 8.43. The number of hydrogen-bond acceptors (Lipinski definition) is 4. The van der Waals surface area contributed by atoms with Gasteiger partial charge in [-0.3, -0.25) is 4.79 Å². The maximum absolute atomic E-state index is 12.8. The lowest BCUT2D eigenvalue weighted by molar-refractivity contribution is -0.377. The number of anilines is 1. The molecule has 2 aromatic rings. The average Bonchev–Trinajstić information content (AvgIpc) is 2.67. The summed E-state index contributed by atoms with van der Waals surface area (Å²) in [4.78, 5) is 19.9. The maximum Gasteiger partial charge on any atom is 0.254 e. The van der Waals surface area contributed by atoms with Crippen molar-refractivity contribution in [2.24, 2.45) is 0 Å². The summed E-state index contributed by atoms with van der Waals surface area (Å²) >= 11 is 6.21. The van der Waals surface area contributed by atoms with E-state index in [4.69, 9.17) is 21.1 Å². The van der Waals surface area contributed by atoms with Crippen molar-refractivity contribution >= 4 is 23.2 Å². The Labute approximate surface area is 151 Å². The first kappa shape index (κ1) is 17.4. The van der Waals surface area contributed by atoms with Crippen LogP contribution >= 0.6 is 11.6 Å². The number of piperazine rings is 1. The molecule has 0 spiro atoms. The highest BCUT2D eigenvalue weighted by molar-refractivity contribution is 6.32. The third-order valence-electron chi connectivity index (χ3n) is 4.31. The second-order valence-electron chi connectivity index (χ2n) is 5.73. The van der Waals surface area contributed by atoms with Gasteiger partial charge in [-0.2, -0.15) is 0 Å². The fraction of sp³-hybridized carbons (Fsp3) is 0.333. The molecule has 2 heterocycles. The van der Waals surface area contributed by atoms with E-state index in [1.54, 1.807) is 12.1 Å². The van der Waals surface area contributed by atoms with Gasteiger partial charge in [0.2, 0.25) is 0 Å². The number of methoxy groups -OCH3 is 2. The molecule has 1 aromatic carbocycles. The minimum atomic E-state index is -0.0519. The standard InChI is InChI=1S/C18H20ClN3O3/c1-24-16-12-13(11-15(19)17(16)25-2)18(23)22-9-7-21(8-10-22)14-3-5-20-6-4-14/h3-6,11-12H,7-10H2,1-2H3/p+1. The molecule has 1 aliphatic rings. The second-order valence-corrected chi connectivity index (χ2v) is 6.14. The zero-order valence-corrected chi connectivity index (χ0v) is 15.0. The molecule has 1 aromatic heterocycles. The summed E-state index contributed by atoms with van der Waals surface area (Å²) in [6.45, 7) is 2.89. The SMILES string of the molecule is COc1cc(C(=O)N2CCN(c3cc[nH+]cc3)CC2)cc(Cl)c1OC. The van der Waals surface area contributed by atoms with Crippen LogP contribution in [-0.2, 0) is 0 Å². The van der Waals surface area contributed by atoms with Gasteiger partial charge in [0.1, 0.15) is 0 Å². The summed E-state index contributed by atoms with van der Waals surface area (Å²) in [6.07, 6.45) is 3.80. The number of ether oxygens (including phenoxy) is 2. The molecule has 0 unspecified atom stereocenters. The summed E-state index contributed by atoms with van der Waals surface area (Å²) in [5.41, 5.74) is 1.66. The van der Waals surface area contributed by atoms with Crippen molar-refractivity contribution in [1.82, 2.24) is 4.90 Å². The zero-order chi connectivity index (χ0) is 17.8. The maximum atomic E-state index is 12.8. The van der Waals surface area contributed by atoms with E-state index in [0.29, 0.717) is 35.2 Å². The predicted molar refractivity (Wildman–Crippen MR) is 95.7 cm³/mol. The molecular formula is C18H21ClN3O3+. The van der Waals surface area contributed by atoms with Crippen LogP contribution in [0.2, 0.25) is 5.02 Å². The van der Waals surface area contributed by atoms with Crippen molar-refractivity contribution in [2.75, 3.05) is 45.3 Å². The Bertz CT molecular complexity index is 747. The van der Waals surface area contributed by atoms with E-state index in [1.807, 2.05) is 29.4 Å². The van der Waals surface area contributed by atoms with Crippen LogP contribution in [0.25, 0.3) is 0 Å². The highest BCUT2D eigenvalue weighted by Gasteiger charge is 2.24. The van der Waals surface area contributed by atoms with Gasteiger partial charge in [-0.15, -0.1) is 0 Å². The number of carbonyl (C=O) groups is 1. The normalized spacial score (nSPS) is 14.4. The molecule has 0 aliphatic carbocycles. The fourth-order valence-corrected chi connectivity index (χ4v) is 3.27. The molecule has 1 fully saturated rings. The van der Waals surface area contributed by atoms with Gasteiger partial charge in [-0.05, 0) is 12.1 Å². The monoisotopic (exact) mass is 362 g/mol. The number of halogens is 1. The molecule has 7 heteroatoms. The number of benzene rings is 1. The van der Waals surface area contributed by atoms with Crippen molar-refractivity contribution in [2.45, 2.75) is 0 Å². The molecule has 0 radical (unpaired) electrons. The molecule has 1 aliphatic heterocycles. The van der Waals surface area contributed by atoms with Gasteiger partial charge in [-0.25, -0.2) is 4.98 Å². The van der Waals surface area contributed by atoms with Gasteiger partial charge in [0, 0.05) is 49.6 Å². The van der Waals surface area contributed by atoms with E-state index in [2.05, 4.69) is 9.88 Å². The minimum absolute atomic E-state index is 0.0519. The van der Waals surface area contributed by atoms with Crippen molar-refractivity contribution in [3.05, 3.63) is 47.2 Å². The molecule has 0 bridgehead atoms. The molecule has 0 atom stereocenters. The highest BCUT2D eigenvalue weighted by atomic mass is 35.5. The molecule has 25 heavy (non-hydrogen) atoms. The third-order valence-corrected chi connectivity index (χ3v) is 4.59. The number of aromatic amines is 1. The Kier molecular flexibility index (Phi) is 5.28. The smallest absolute Gasteiger partial charge is 0.254 e. The third kappa shape index (κ3) is 3.64. The minimum Gasteiger partial charge on any atom is -0.493 e. The Morgan fingerprint density at radius 2 is 1.76 bits per heavy atom. The van der Waals surface area contributed by atoms with Gasteiger partial charge < -0.3 is 19.3 Å². The van der Waals surface area contributed by atoms with E-state index in [9.17, 15) is 4.79 Å². The van der Waals surface area contributed by atoms with Crippen molar-refractivity contribution in [3.63, 3.8) is 0 Å². The number of nitrogens with one attached hydrogen (secondary N) is 1. The lowest BCUT2D eigenvalue weighted by atomic mass is 10.1. The lowest BCUT2D eigenvalue weighted by Gasteiger charge is -2.36. The van der Waals surface area contributed by atoms with E-state index in [0.717, 1.165) is 18.8 Å².